The first kappa shape index (κ1) is 11.5. The minimum Gasteiger partial charge on any atom is -0.375 e. The lowest BCUT2D eigenvalue weighted by molar-refractivity contribution is 1.37. The van der Waals surface area contributed by atoms with Crippen molar-refractivity contribution in [3.8, 4) is 16.7 Å². The third-order valence-corrected chi connectivity index (χ3v) is 3.99. The topological polar surface area (TPSA) is 62.7 Å². The molecule has 1 aromatic heterocycles. The lowest BCUT2D eigenvalue weighted by atomic mass is 10.2. The number of thiazole rings is 1. The molecule has 0 aliphatic heterocycles. The van der Waals surface area contributed by atoms with E-state index < -0.39 is 0 Å². The lowest BCUT2D eigenvalue weighted by Gasteiger charge is -1.99. The first-order valence-corrected chi connectivity index (χ1v) is 6.71. The van der Waals surface area contributed by atoms with Crippen LogP contribution >= 0.6 is 39.0 Å². The van der Waals surface area contributed by atoms with E-state index >= 15 is 0 Å². The van der Waals surface area contributed by atoms with E-state index in [9.17, 15) is 0 Å². The number of nitrogens with zero attached hydrogens (tertiary/aromatic N) is 2. The maximum atomic E-state index is 8.70. The van der Waals surface area contributed by atoms with Gasteiger partial charge in [-0.05, 0) is 12.1 Å². The molecule has 0 aliphatic carbocycles. The van der Waals surface area contributed by atoms with Crippen molar-refractivity contribution in [3.63, 3.8) is 0 Å². The van der Waals surface area contributed by atoms with Gasteiger partial charge in [0, 0.05) is 21.8 Å². The highest BCUT2D eigenvalue weighted by molar-refractivity contribution is 9.10. The second-order valence-electron chi connectivity index (χ2n) is 2.89. The molecule has 0 aliphatic rings. The lowest BCUT2D eigenvalue weighted by Crippen LogP contribution is -1.83. The Kier molecular flexibility index (Phi) is 3.49. The predicted molar refractivity (Wildman–Crippen MR) is 71.1 cm³/mol. The maximum Gasteiger partial charge on any atom is 0.181 e. The number of hydrogen-bond acceptors (Lipinski definition) is 5. The number of anilines is 1. The molecule has 0 amide bonds. The van der Waals surface area contributed by atoms with Crippen LogP contribution in [0.1, 0.15) is 0 Å². The van der Waals surface area contributed by atoms with E-state index in [1.807, 2.05) is 29.7 Å². The van der Waals surface area contributed by atoms with Gasteiger partial charge in [-0.1, -0.05) is 39.4 Å². The normalized spacial score (nSPS) is 10.0. The SMILES string of the molecule is N#CSc1sc(N)nc1-c1cccc(Br)c1. The van der Waals surface area contributed by atoms with Gasteiger partial charge in [0.1, 0.15) is 9.61 Å². The molecule has 0 bridgehead atoms. The number of thioether (sulfide) groups is 1. The summed E-state index contributed by atoms with van der Waals surface area (Å²) < 4.78 is 1.81. The van der Waals surface area contributed by atoms with Crippen molar-refractivity contribution in [2.75, 3.05) is 5.73 Å². The zero-order valence-electron chi connectivity index (χ0n) is 7.98. The molecule has 2 N–H and O–H groups in total. The van der Waals surface area contributed by atoms with Gasteiger partial charge in [-0.25, -0.2) is 4.98 Å². The molecule has 0 spiro atoms. The quantitative estimate of drug-likeness (QED) is 0.678. The van der Waals surface area contributed by atoms with Crippen LogP contribution < -0.4 is 5.73 Å². The Morgan fingerprint density at radius 1 is 1.50 bits per heavy atom. The Bertz CT molecular complexity index is 559. The van der Waals surface area contributed by atoms with E-state index in [1.165, 1.54) is 11.3 Å². The predicted octanol–water partition coefficient (Wildman–Crippen LogP) is 3.73. The van der Waals surface area contributed by atoms with Crippen LogP contribution in [0.25, 0.3) is 11.3 Å². The van der Waals surface area contributed by atoms with E-state index in [2.05, 4.69) is 20.9 Å². The fourth-order valence-corrected chi connectivity index (χ4v) is 3.11. The van der Waals surface area contributed by atoms with Crippen LogP contribution in [-0.2, 0) is 0 Å². The van der Waals surface area contributed by atoms with Crippen molar-refractivity contribution in [2.24, 2.45) is 0 Å². The number of thiocyanates is 1. The van der Waals surface area contributed by atoms with Crippen molar-refractivity contribution in [1.29, 1.82) is 5.26 Å². The largest absolute Gasteiger partial charge is 0.375 e. The number of rotatable bonds is 2. The third kappa shape index (κ3) is 2.38. The summed E-state index contributed by atoms with van der Waals surface area (Å²) >= 11 is 5.82. The Morgan fingerprint density at radius 3 is 3.00 bits per heavy atom. The second-order valence-corrected chi connectivity index (χ2v) is 5.89. The standard InChI is InChI=1S/C10H6BrN3S2/c11-7-3-1-2-6(4-7)8-9(15-5-12)16-10(13)14-8/h1-4H,(H2,13,14). The highest BCUT2D eigenvalue weighted by atomic mass is 79.9. The van der Waals surface area contributed by atoms with E-state index in [-0.39, 0.29) is 0 Å². The van der Waals surface area contributed by atoms with Crippen molar-refractivity contribution in [2.45, 2.75) is 4.21 Å². The third-order valence-electron chi connectivity index (χ3n) is 1.85. The Balaban J connectivity index is 2.51. The fraction of sp³-hybridized carbons (Fsp3) is 0. The molecule has 2 rings (SSSR count). The van der Waals surface area contributed by atoms with Crippen LogP contribution in [0.3, 0.4) is 0 Å². The summed E-state index contributed by atoms with van der Waals surface area (Å²) in [6.07, 6.45) is 0. The molecule has 0 unspecified atom stereocenters. The zero-order chi connectivity index (χ0) is 11.5. The summed E-state index contributed by atoms with van der Waals surface area (Å²) in [5.41, 5.74) is 7.39. The molecular formula is C10H6BrN3S2. The molecule has 1 heterocycles. The Morgan fingerprint density at radius 2 is 2.31 bits per heavy atom. The molecule has 0 saturated carbocycles. The number of nitriles is 1. The molecule has 1 aromatic carbocycles. The van der Waals surface area contributed by atoms with E-state index in [0.717, 1.165) is 31.7 Å². The number of benzene rings is 1. The van der Waals surface area contributed by atoms with Crippen LogP contribution in [0.2, 0.25) is 0 Å². The van der Waals surface area contributed by atoms with Gasteiger partial charge in [-0.15, -0.1) is 0 Å². The molecule has 0 saturated heterocycles. The molecule has 6 heteroatoms. The van der Waals surface area contributed by atoms with Gasteiger partial charge in [-0.3, -0.25) is 0 Å². The van der Waals surface area contributed by atoms with Gasteiger partial charge in [0.15, 0.2) is 5.13 Å². The first-order valence-electron chi connectivity index (χ1n) is 4.29. The Hall–Kier alpha value is -1.03. The molecule has 2 aromatic rings. The minimum absolute atomic E-state index is 0.479. The zero-order valence-corrected chi connectivity index (χ0v) is 11.2. The van der Waals surface area contributed by atoms with Gasteiger partial charge in [0.25, 0.3) is 0 Å². The maximum absolute atomic E-state index is 8.70. The van der Waals surface area contributed by atoms with Gasteiger partial charge in [0.2, 0.25) is 0 Å². The number of nitrogen functional groups attached to an aromatic ring is 1. The smallest absolute Gasteiger partial charge is 0.181 e. The average Bonchev–Trinajstić information content (AvgIpc) is 2.60. The van der Waals surface area contributed by atoms with Crippen LogP contribution in [0, 0.1) is 10.7 Å². The molecule has 0 atom stereocenters. The Labute approximate surface area is 109 Å². The molecular weight excluding hydrogens is 306 g/mol. The summed E-state index contributed by atoms with van der Waals surface area (Å²) in [7, 11) is 0. The number of halogens is 1. The first-order chi connectivity index (χ1) is 7.70. The molecule has 0 radical (unpaired) electrons. The van der Waals surface area contributed by atoms with E-state index in [0.29, 0.717) is 5.13 Å². The number of hydrogen-bond donors (Lipinski definition) is 1. The number of aromatic nitrogens is 1. The van der Waals surface area contributed by atoms with Crippen molar-refractivity contribution in [1.82, 2.24) is 4.98 Å². The van der Waals surface area contributed by atoms with Gasteiger partial charge in [-0.2, -0.15) is 5.26 Å². The summed E-state index contributed by atoms with van der Waals surface area (Å²) in [5.74, 6) is 0. The van der Waals surface area contributed by atoms with E-state index in [4.69, 9.17) is 11.0 Å². The van der Waals surface area contributed by atoms with Crippen molar-refractivity contribution < 1.29 is 0 Å². The van der Waals surface area contributed by atoms with Crippen LogP contribution in [-0.4, -0.2) is 4.98 Å². The minimum atomic E-state index is 0.479. The van der Waals surface area contributed by atoms with Gasteiger partial charge >= 0.3 is 0 Å². The molecule has 80 valence electrons. The highest BCUT2D eigenvalue weighted by Crippen LogP contribution is 2.37. The fourth-order valence-electron chi connectivity index (χ4n) is 1.25. The molecule has 3 nitrogen and oxygen atoms in total. The summed E-state index contributed by atoms with van der Waals surface area (Å²) in [6, 6.07) is 7.77. The van der Waals surface area contributed by atoms with Crippen LogP contribution in [0.15, 0.2) is 32.9 Å². The van der Waals surface area contributed by atoms with Crippen LogP contribution in [0.5, 0.6) is 0 Å². The summed E-state index contributed by atoms with van der Waals surface area (Å²) in [4.78, 5) is 4.24. The van der Waals surface area contributed by atoms with Crippen molar-refractivity contribution >= 4 is 44.2 Å². The van der Waals surface area contributed by atoms with Gasteiger partial charge < -0.3 is 5.73 Å². The monoisotopic (exact) mass is 311 g/mol. The molecule has 0 fully saturated rings. The molecule has 16 heavy (non-hydrogen) atoms. The number of nitrogens with two attached hydrogens (primary N) is 1. The van der Waals surface area contributed by atoms with Gasteiger partial charge in [0.05, 0.1) is 5.69 Å². The second kappa shape index (κ2) is 4.87. The summed E-state index contributed by atoms with van der Waals surface area (Å²) in [5, 5.41) is 11.2. The summed E-state index contributed by atoms with van der Waals surface area (Å²) in [6.45, 7) is 0. The average molecular weight is 312 g/mol. The highest BCUT2D eigenvalue weighted by Gasteiger charge is 2.12. The van der Waals surface area contributed by atoms with Crippen molar-refractivity contribution in [3.05, 3.63) is 28.7 Å². The van der Waals surface area contributed by atoms with E-state index in [1.54, 1.807) is 0 Å². The van der Waals surface area contributed by atoms with Crippen LogP contribution in [0.4, 0.5) is 5.13 Å².